The van der Waals surface area contributed by atoms with Gasteiger partial charge in [0.1, 0.15) is 0 Å². The second-order valence-electron chi connectivity index (χ2n) is 7.50. The number of imidazole rings is 1. The van der Waals surface area contributed by atoms with Gasteiger partial charge < -0.3 is 0 Å². The quantitative estimate of drug-likeness (QED) is 0.419. The average molecular weight is 415 g/mol. The Labute approximate surface area is 181 Å². The molecule has 0 fully saturated rings. The number of tetrazole rings is 1. The van der Waals surface area contributed by atoms with Crippen molar-refractivity contribution < 1.29 is 0 Å². The fourth-order valence-electron chi connectivity index (χ4n) is 3.79. The molecule has 31 heavy (non-hydrogen) atoms. The molecule has 2 aromatic carbocycles. The largest absolute Gasteiger partial charge is 0.328 e. The minimum absolute atomic E-state index is 0.0492. The molecule has 0 amide bonds. The van der Waals surface area contributed by atoms with Gasteiger partial charge in [0, 0.05) is 24.0 Å². The molecule has 0 unspecified atom stereocenters. The molecule has 2 heterocycles. The van der Waals surface area contributed by atoms with Gasteiger partial charge >= 0.3 is 5.69 Å². The highest BCUT2D eigenvalue weighted by atomic mass is 16.1. The van der Waals surface area contributed by atoms with E-state index in [9.17, 15) is 4.79 Å². The minimum atomic E-state index is 0.0492. The lowest BCUT2D eigenvalue weighted by Crippen LogP contribution is -2.25. The van der Waals surface area contributed by atoms with Crippen LogP contribution < -0.4 is 5.69 Å². The maximum Gasteiger partial charge on any atom is 0.328 e. The first-order valence-corrected chi connectivity index (χ1v) is 10.5. The van der Waals surface area contributed by atoms with Crippen LogP contribution in [0.4, 0.5) is 0 Å². The van der Waals surface area contributed by atoms with E-state index in [1.165, 1.54) is 0 Å². The number of hydrogen-bond acceptors (Lipinski definition) is 4. The molecule has 0 saturated heterocycles. The molecular weight excluding hydrogens is 388 g/mol. The molecule has 0 bridgehead atoms. The van der Waals surface area contributed by atoms with Crippen molar-refractivity contribution in [1.29, 1.82) is 0 Å². The van der Waals surface area contributed by atoms with Crippen molar-refractivity contribution in [1.82, 2.24) is 29.8 Å². The Bertz CT molecular complexity index is 1200. The van der Waals surface area contributed by atoms with Crippen LogP contribution in [0.15, 0.2) is 72.2 Å². The Morgan fingerprint density at radius 3 is 2.55 bits per heavy atom. The number of benzene rings is 2. The lowest BCUT2D eigenvalue weighted by molar-refractivity contribution is 0.620. The molecule has 0 saturated carbocycles. The molecule has 4 rings (SSSR count). The summed E-state index contributed by atoms with van der Waals surface area (Å²) in [6.07, 6.45) is 6.47. The third-order valence-electron chi connectivity index (χ3n) is 5.33. The molecule has 0 spiro atoms. The van der Waals surface area contributed by atoms with Gasteiger partial charge in [-0.15, -0.1) is 11.7 Å². The van der Waals surface area contributed by atoms with Crippen LogP contribution in [0.5, 0.6) is 0 Å². The Hall–Kier alpha value is -3.74. The first-order chi connectivity index (χ1) is 15.2. The van der Waals surface area contributed by atoms with Crippen LogP contribution in [-0.2, 0) is 19.5 Å². The van der Waals surface area contributed by atoms with Crippen LogP contribution >= 0.6 is 0 Å². The summed E-state index contributed by atoms with van der Waals surface area (Å²) in [5, 5.41) is 14.2. The molecule has 2 aromatic heterocycles. The van der Waals surface area contributed by atoms with Gasteiger partial charge in [-0.3, -0.25) is 9.13 Å². The Balaban J connectivity index is 1.62. The van der Waals surface area contributed by atoms with Crippen molar-refractivity contribution in [2.45, 2.75) is 39.3 Å². The normalized spacial score (nSPS) is 11.0. The van der Waals surface area contributed by atoms with Crippen molar-refractivity contribution in [3.63, 3.8) is 0 Å². The summed E-state index contributed by atoms with van der Waals surface area (Å²) >= 11 is 0. The third-order valence-corrected chi connectivity index (χ3v) is 5.33. The minimum Gasteiger partial charge on any atom is -0.299 e. The van der Waals surface area contributed by atoms with E-state index in [1.807, 2.05) is 39.6 Å². The topological polar surface area (TPSA) is 81.4 Å². The number of rotatable bonds is 9. The van der Waals surface area contributed by atoms with Crippen LogP contribution in [0.2, 0.25) is 0 Å². The predicted octanol–water partition coefficient (Wildman–Crippen LogP) is 4.07. The lowest BCUT2D eigenvalue weighted by atomic mass is 9.98. The van der Waals surface area contributed by atoms with E-state index in [4.69, 9.17) is 0 Å². The van der Waals surface area contributed by atoms with Gasteiger partial charge in [0.05, 0.1) is 6.54 Å². The van der Waals surface area contributed by atoms with Crippen LogP contribution in [0.1, 0.15) is 31.0 Å². The molecule has 0 aliphatic heterocycles. The van der Waals surface area contributed by atoms with Gasteiger partial charge in [-0.05, 0) is 46.4 Å². The summed E-state index contributed by atoms with van der Waals surface area (Å²) in [4.78, 5) is 12.9. The van der Waals surface area contributed by atoms with E-state index >= 15 is 0 Å². The van der Waals surface area contributed by atoms with Crippen LogP contribution in [0.3, 0.4) is 0 Å². The molecule has 0 aliphatic carbocycles. The molecule has 1 N–H and O–H groups in total. The first kappa shape index (κ1) is 20.5. The number of allylic oxidation sites excluding steroid dienone is 1. The number of aromatic amines is 1. The van der Waals surface area contributed by atoms with E-state index in [1.54, 1.807) is 0 Å². The van der Waals surface area contributed by atoms with Gasteiger partial charge in [0.2, 0.25) is 0 Å². The zero-order valence-electron chi connectivity index (χ0n) is 17.7. The monoisotopic (exact) mass is 414 g/mol. The highest BCUT2D eigenvalue weighted by Gasteiger charge is 2.13. The molecule has 158 valence electrons. The molecule has 4 aromatic rings. The van der Waals surface area contributed by atoms with Gasteiger partial charge in [-0.2, -0.15) is 0 Å². The van der Waals surface area contributed by atoms with Crippen LogP contribution in [0.25, 0.3) is 22.5 Å². The fraction of sp³-hybridized carbons (Fsp3) is 0.250. The fourth-order valence-corrected chi connectivity index (χ4v) is 3.79. The number of hydrogen-bond donors (Lipinski definition) is 1. The predicted molar refractivity (Wildman–Crippen MR) is 122 cm³/mol. The van der Waals surface area contributed by atoms with Gasteiger partial charge in [0.25, 0.3) is 0 Å². The molecule has 0 atom stereocenters. The van der Waals surface area contributed by atoms with E-state index in [2.05, 4.69) is 64.5 Å². The highest BCUT2D eigenvalue weighted by Crippen LogP contribution is 2.29. The van der Waals surface area contributed by atoms with E-state index in [0.29, 0.717) is 12.4 Å². The Kier molecular flexibility index (Phi) is 6.21. The van der Waals surface area contributed by atoms with Crippen molar-refractivity contribution in [2.75, 3.05) is 0 Å². The molecule has 0 aliphatic rings. The standard InChI is InChI=1S/C24H26N6O/c1-3-5-8-20-17-29(15-4-2)24(31)30(20)16-18-11-13-19(14-12-18)21-9-6-7-10-22(21)23-25-27-28-26-23/h3,6-7,9-14,17H,1,4-5,8,15-16H2,2H3,(H,25,26,27,28). The summed E-state index contributed by atoms with van der Waals surface area (Å²) in [6, 6.07) is 16.3. The molecular formula is C24H26N6O. The number of aromatic nitrogens is 6. The van der Waals surface area contributed by atoms with E-state index in [0.717, 1.165) is 53.8 Å². The number of aryl methyl sites for hydroxylation is 2. The van der Waals surface area contributed by atoms with Crippen molar-refractivity contribution in [3.05, 3.63) is 89.1 Å². The van der Waals surface area contributed by atoms with Gasteiger partial charge in [-0.1, -0.05) is 61.5 Å². The molecule has 7 heteroatoms. The number of nitrogens with one attached hydrogen (secondary N) is 1. The zero-order chi connectivity index (χ0) is 21.6. The second kappa shape index (κ2) is 9.38. The van der Waals surface area contributed by atoms with Crippen molar-refractivity contribution in [2.24, 2.45) is 0 Å². The summed E-state index contributed by atoms with van der Waals surface area (Å²) < 4.78 is 3.69. The van der Waals surface area contributed by atoms with Crippen LogP contribution in [-0.4, -0.2) is 29.8 Å². The maximum atomic E-state index is 12.9. The SMILES string of the molecule is C=CCCc1cn(CCC)c(=O)n1Cc1ccc(-c2ccccc2-c2nnn[nH]2)cc1. The number of nitrogens with zero attached hydrogens (tertiary/aromatic N) is 5. The zero-order valence-corrected chi connectivity index (χ0v) is 17.7. The highest BCUT2D eigenvalue weighted by molar-refractivity contribution is 5.80. The van der Waals surface area contributed by atoms with Gasteiger partial charge in [0.15, 0.2) is 5.82 Å². The maximum absolute atomic E-state index is 12.9. The van der Waals surface area contributed by atoms with Crippen molar-refractivity contribution >= 4 is 0 Å². The first-order valence-electron chi connectivity index (χ1n) is 10.5. The summed E-state index contributed by atoms with van der Waals surface area (Å²) in [5.74, 6) is 0.635. The van der Waals surface area contributed by atoms with E-state index in [-0.39, 0.29) is 5.69 Å². The summed E-state index contributed by atoms with van der Waals surface area (Å²) in [5.41, 5.74) is 5.24. The van der Waals surface area contributed by atoms with Gasteiger partial charge in [-0.25, -0.2) is 9.89 Å². The van der Waals surface area contributed by atoms with Crippen LogP contribution in [0, 0.1) is 0 Å². The molecule has 7 nitrogen and oxygen atoms in total. The summed E-state index contributed by atoms with van der Waals surface area (Å²) in [6.45, 7) is 7.18. The number of H-pyrrole nitrogens is 1. The summed E-state index contributed by atoms with van der Waals surface area (Å²) in [7, 11) is 0. The third kappa shape index (κ3) is 4.40. The lowest BCUT2D eigenvalue weighted by Gasteiger charge is -2.10. The molecule has 0 radical (unpaired) electrons. The smallest absolute Gasteiger partial charge is 0.299 e. The Morgan fingerprint density at radius 2 is 1.87 bits per heavy atom. The van der Waals surface area contributed by atoms with Crippen molar-refractivity contribution in [3.8, 4) is 22.5 Å². The van der Waals surface area contributed by atoms with E-state index < -0.39 is 0 Å². The second-order valence-corrected chi connectivity index (χ2v) is 7.50. The Morgan fingerprint density at radius 1 is 1.10 bits per heavy atom. The average Bonchev–Trinajstić information content (AvgIpc) is 3.43.